The number of fused-ring (bicyclic) bond motifs is 1. The van der Waals surface area contributed by atoms with Gasteiger partial charge in [-0.15, -0.1) is 0 Å². The zero-order valence-electron chi connectivity index (χ0n) is 17.3. The Morgan fingerprint density at radius 2 is 2.13 bits per heavy atom. The van der Waals surface area contributed by atoms with Gasteiger partial charge in [0.1, 0.15) is 5.75 Å². The number of carbonyl (C=O) groups is 1. The average Bonchev–Trinajstić information content (AvgIpc) is 3.43. The van der Waals surface area contributed by atoms with Crippen molar-refractivity contribution in [1.82, 2.24) is 10.3 Å². The molecule has 0 spiro atoms. The molecule has 1 aliphatic heterocycles. The summed E-state index contributed by atoms with van der Waals surface area (Å²) in [4.78, 5) is 15.4. The molecule has 1 atom stereocenters. The summed E-state index contributed by atoms with van der Waals surface area (Å²) in [5.41, 5.74) is 4.52. The first-order valence-electron chi connectivity index (χ1n) is 10.5. The van der Waals surface area contributed by atoms with Gasteiger partial charge in [-0.3, -0.25) is 4.79 Å². The molecule has 0 saturated carbocycles. The van der Waals surface area contributed by atoms with E-state index in [1.807, 2.05) is 42.6 Å². The first-order chi connectivity index (χ1) is 14.7. The van der Waals surface area contributed by atoms with Crippen LogP contribution < -0.4 is 10.1 Å². The Bertz CT molecular complexity index is 1010. The number of benzene rings is 2. The van der Waals surface area contributed by atoms with Crippen molar-refractivity contribution >= 4 is 22.9 Å². The number of hydrogen-bond acceptors (Lipinski definition) is 3. The maximum Gasteiger partial charge on any atom is 0.244 e. The summed E-state index contributed by atoms with van der Waals surface area (Å²) in [5, 5.41) is 4.11. The number of hydrogen-bond donors (Lipinski definition) is 2. The number of rotatable bonds is 8. The summed E-state index contributed by atoms with van der Waals surface area (Å²) < 4.78 is 10.9. The summed E-state index contributed by atoms with van der Waals surface area (Å²) in [5.74, 6) is 0.745. The molecule has 0 bridgehead atoms. The highest BCUT2D eigenvalue weighted by atomic mass is 16.5. The van der Waals surface area contributed by atoms with Crippen molar-refractivity contribution in [2.45, 2.75) is 31.8 Å². The van der Waals surface area contributed by atoms with E-state index >= 15 is 0 Å². The van der Waals surface area contributed by atoms with Crippen LogP contribution in [0, 0.1) is 0 Å². The number of ether oxygens (including phenoxy) is 2. The molecule has 5 heteroatoms. The number of H-pyrrole nitrogens is 1. The normalized spacial score (nSPS) is 16.4. The molecule has 1 aliphatic rings. The molecule has 2 N–H and O–H groups in total. The largest absolute Gasteiger partial charge is 0.497 e. The van der Waals surface area contributed by atoms with Crippen molar-refractivity contribution in [3.63, 3.8) is 0 Å². The van der Waals surface area contributed by atoms with Gasteiger partial charge in [0.05, 0.1) is 13.2 Å². The molecule has 30 heavy (non-hydrogen) atoms. The van der Waals surface area contributed by atoms with Crippen LogP contribution in [0.5, 0.6) is 5.75 Å². The number of aromatic amines is 1. The van der Waals surface area contributed by atoms with Crippen LogP contribution in [0.4, 0.5) is 0 Å². The second-order valence-corrected chi connectivity index (χ2v) is 7.68. The quantitative estimate of drug-likeness (QED) is 0.551. The molecule has 3 aromatic rings. The third-order valence-electron chi connectivity index (χ3n) is 5.56. The van der Waals surface area contributed by atoms with E-state index in [0.29, 0.717) is 12.6 Å². The number of nitrogens with one attached hydrogen (secondary N) is 2. The van der Waals surface area contributed by atoms with E-state index in [-0.39, 0.29) is 5.91 Å². The lowest BCUT2D eigenvalue weighted by atomic mass is 10.0. The molecule has 4 rings (SSSR count). The molecular weight excluding hydrogens is 376 g/mol. The number of aromatic nitrogens is 1. The highest BCUT2D eigenvalue weighted by Gasteiger charge is 2.15. The molecule has 156 valence electrons. The van der Waals surface area contributed by atoms with E-state index in [2.05, 4.69) is 22.4 Å². The van der Waals surface area contributed by atoms with Gasteiger partial charge in [0.2, 0.25) is 5.91 Å². The van der Waals surface area contributed by atoms with E-state index in [4.69, 9.17) is 9.47 Å². The van der Waals surface area contributed by atoms with Crippen molar-refractivity contribution in [1.29, 1.82) is 0 Å². The summed E-state index contributed by atoms with van der Waals surface area (Å²) in [6.45, 7) is 1.47. The van der Waals surface area contributed by atoms with Crippen LogP contribution >= 0.6 is 0 Å². The molecule has 5 nitrogen and oxygen atoms in total. The average molecular weight is 405 g/mol. The van der Waals surface area contributed by atoms with E-state index in [1.165, 1.54) is 11.1 Å². The van der Waals surface area contributed by atoms with Crippen molar-refractivity contribution in [2.75, 3.05) is 20.3 Å². The fourth-order valence-corrected chi connectivity index (χ4v) is 3.88. The Kier molecular flexibility index (Phi) is 6.50. The van der Waals surface area contributed by atoms with Gasteiger partial charge >= 0.3 is 0 Å². The third-order valence-corrected chi connectivity index (χ3v) is 5.56. The van der Waals surface area contributed by atoms with E-state index in [0.717, 1.165) is 54.5 Å². The summed E-state index contributed by atoms with van der Waals surface area (Å²) in [6, 6.07) is 14.3. The van der Waals surface area contributed by atoms with Crippen LogP contribution in [0.15, 0.2) is 54.7 Å². The summed E-state index contributed by atoms with van der Waals surface area (Å²) >= 11 is 0. The Morgan fingerprint density at radius 3 is 2.90 bits per heavy atom. The molecule has 1 aromatic heterocycles. The number of amides is 1. The van der Waals surface area contributed by atoms with Gasteiger partial charge in [-0.1, -0.05) is 24.3 Å². The lowest BCUT2D eigenvalue weighted by Gasteiger charge is -2.09. The Hall–Kier alpha value is -3.05. The molecule has 2 aromatic carbocycles. The van der Waals surface area contributed by atoms with Crippen molar-refractivity contribution in [3.8, 4) is 5.75 Å². The number of carbonyl (C=O) groups excluding carboxylic acids is 1. The topological polar surface area (TPSA) is 63.4 Å². The minimum Gasteiger partial charge on any atom is -0.497 e. The van der Waals surface area contributed by atoms with Gasteiger partial charge in [0.15, 0.2) is 0 Å². The second kappa shape index (κ2) is 9.63. The van der Waals surface area contributed by atoms with Gasteiger partial charge in [-0.2, -0.15) is 0 Å². The molecule has 1 saturated heterocycles. The SMILES string of the molecule is COc1ccc2c(CCNC(=O)C=Cc3ccc(CC4CCCO4)cc3)c[nH]c2c1. The van der Waals surface area contributed by atoms with E-state index in [1.54, 1.807) is 13.2 Å². The molecule has 1 amide bonds. The van der Waals surface area contributed by atoms with Gasteiger partial charge in [-0.25, -0.2) is 0 Å². The summed E-state index contributed by atoms with van der Waals surface area (Å²) in [6.07, 6.45) is 9.83. The molecular formula is C25H28N2O3. The predicted molar refractivity (Wildman–Crippen MR) is 120 cm³/mol. The molecule has 2 heterocycles. The van der Waals surface area contributed by atoms with Crippen molar-refractivity contribution < 1.29 is 14.3 Å². The fraction of sp³-hybridized carbons (Fsp3) is 0.320. The monoisotopic (exact) mass is 404 g/mol. The highest BCUT2D eigenvalue weighted by molar-refractivity contribution is 5.91. The van der Waals surface area contributed by atoms with Crippen LogP contribution in [0.1, 0.15) is 29.5 Å². The Labute approximate surface area is 177 Å². The first kappa shape index (κ1) is 20.2. The van der Waals surface area contributed by atoms with Crippen molar-refractivity contribution in [2.24, 2.45) is 0 Å². The van der Waals surface area contributed by atoms with Crippen LogP contribution in [-0.4, -0.2) is 37.3 Å². The predicted octanol–water partition coefficient (Wildman–Crippen LogP) is 4.27. The van der Waals surface area contributed by atoms with Crippen LogP contribution in [0.2, 0.25) is 0 Å². The molecule has 1 unspecified atom stereocenters. The fourth-order valence-electron chi connectivity index (χ4n) is 3.88. The van der Waals surface area contributed by atoms with Gasteiger partial charge in [0.25, 0.3) is 0 Å². The van der Waals surface area contributed by atoms with E-state index < -0.39 is 0 Å². The zero-order valence-corrected chi connectivity index (χ0v) is 17.3. The Morgan fingerprint density at radius 1 is 1.27 bits per heavy atom. The van der Waals surface area contributed by atoms with Crippen molar-refractivity contribution in [3.05, 3.63) is 71.4 Å². The minimum atomic E-state index is -0.0834. The van der Waals surface area contributed by atoms with Crippen LogP contribution in [0.3, 0.4) is 0 Å². The van der Waals surface area contributed by atoms with Crippen LogP contribution in [0.25, 0.3) is 17.0 Å². The summed E-state index contributed by atoms with van der Waals surface area (Å²) in [7, 11) is 1.66. The molecule has 0 radical (unpaired) electrons. The van der Waals surface area contributed by atoms with E-state index in [9.17, 15) is 4.79 Å². The lowest BCUT2D eigenvalue weighted by molar-refractivity contribution is -0.116. The third kappa shape index (κ3) is 5.10. The standard InChI is InChI=1S/C25H28N2O3/c1-29-21-9-10-23-20(17-27-24(23)16-21)12-13-26-25(28)11-8-18-4-6-19(7-5-18)15-22-3-2-14-30-22/h4-11,16-17,22,27H,2-3,12-15H2,1H3,(H,26,28). The minimum absolute atomic E-state index is 0.0834. The molecule has 0 aliphatic carbocycles. The highest BCUT2D eigenvalue weighted by Crippen LogP contribution is 2.23. The smallest absolute Gasteiger partial charge is 0.244 e. The zero-order chi connectivity index (χ0) is 20.8. The Balaban J connectivity index is 1.25. The number of methoxy groups -OCH3 is 1. The maximum atomic E-state index is 12.2. The second-order valence-electron chi connectivity index (χ2n) is 7.68. The maximum absolute atomic E-state index is 12.2. The van der Waals surface area contributed by atoms with Gasteiger partial charge in [-0.05, 0) is 60.6 Å². The van der Waals surface area contributed by atoms with Gasteiger partial charge in [0, 0.05) is 42.4 Å². The van der Waals surface area contributed by atoms with Crippen LogP contribution in [-0.2, 0) is 22.4 Å². The lowest BCUT2D eigenvalue weighted by Crippen LogP contribution is -2.23. The van der Waals surface area contributed by atoms with Gasteiger partial charge < -0.3 is 19.8 Å². The molecule has 1 fully saturated rings. The first-order valence-corrected chi connectivity index (χ1v) is 10.5.